The molecule has 0 saturated carbocycles. The topological polar surface area (TPSA) is 84.3 Å². The van der Waals surface area contributed by atoms with Gasteiger partial charge in [-0.3, -0.25) is 14.4 Å². The van der Waals surface area contributed by atoms with Crippen molar-refractivity contribution in [1.82, 2.24) is 14.5 Å². The van der Waals surface area contributed by atoms with Gasteiger partial charge in [-0.1, -0.05) is 11.6 Å². The molecule has 1 aliphatic heterocycles. The fourth-order valence-corrected chi connectivity index (χ4v) is 4.88. The molecule has 30 heavy (non-hydrogen) atoms. The van der Waals surface area contributed by atoms with Crippen LogP contribution >= 0.6 is 22.9 Å². The predicted molar refractivity (Wildman–Crippen MR) is 119 cm³/mol. The molecule has 1 N–H and O–H groups in total. The molecule has 1 aliphatic rings. The van der Waals surface area contributed by atoms with E-state index in [1.807, 2.05) is 0 Å². The Morgan fingerprint density at radius 2 is 1.93 bits per heavy atom. The van der Waals surface area contributed by atoms with Crippen LogP contribution in [0.2, 0.25) is 5.02 Å². The summed E-state index contributed by atoms with van der Waals surface area (Å²) in [5.41, 5.74) is 1.15. The van der Waals surface area contributed by atoms with Crippen molar-refractivity contribution in [1.29, 1.82) is 0 Å². The maximum Gasteiger partial charge on any atom is 0.266 e. The average molecular weight is 445 g/mol. The zero-order chi connectivity index (χ0) is 21.4. The number of carbonyl (C=O) groups is 2. The van der Waals surface area contributed by atoms with Gasteiger partial charge in [0.15, 0.2) is 0 Å². The summed E-state index contributed by atoms with van der Waals surface area (Å²) in [6.07, 6.45) is 4.51. The van der Waals surface area contributed by atoms with Crippen LogP contribution in [-0.2, 0) is 7.05 Å². The first-order valence-corrected chi connectivity index (χ1v) is 10.9. The van der Waals surface area contributed by atoms with Crippen molar-refractivity contribution in [3.8, 4) is 0 Å². The highest BCUT2D eigenvalue weighted by Gasteiger charge is 2.24. The number of aryl methyl sites for hydroxylation is 2. The van der Waals surface area contributed by atoms with Gasteiger partial charge in [-0.2, -0.15) is 0 Å². The van der Waals surface area contributed by atoms with Crippen LogP contribution in [0.5, 0.6) is 0 Å². The molecule has 3 heterocycles. The lowest BCUT2D eigenvalue weighted by Gasteiger charge is -2.27. The first-order chi connectivity index (χ1) is 14.4. The maximum absolute atomic E-state index is 13.1. The predicted octanol–water partition coefficient (Wildman–Crippen LogP) is 3.84. The Kier molecular flexibility index (Phi) is 5.62. The number of rotatable bonds is 3. The summed E-state index contributed by atoms with van der Waals surface area (Å²) in [7, 11) is 1.62. The van der Waals surface area contributed by atoms with E-state index in [-0.39, 0.29) is 11.5 Å². The number of fused-ring (bicyclic) bond motifs is 1. The summed E-state index contributed by atoms with van der Waals surface area (Å²) >= 11 is 7.30. The molecular weight excluding hydrogens is 424 g/mol. The van der Waals surface area contributed by atoms with E-state index in [0.717, 1.165) is 30.6 Å². The van der Waals surface area contributed by atoms with E-state index >= 15 is 0 Å². The van der Waals surface area contributed by atoms with E-state index in [1.165, 1.54) is 10.9 Å². The van der Waals surface area contributed by atoms with Crippen molar-refractivity contribution >= 4 is 50.7 Å². The minimum atomic E-state index is -0.396. The van der Waals surface area contributed by atoms with Crippen LogP contribution in [0.3, 0.4) is 0 Å². The Bertz CT molecular complexity index is 1210. The van der Waals surface area contributed by atoms with Gasteiger partial charge >= 0.3 is 0 Å². The van der Waals surface area contributed by atoms with Crippen molar-refractivity contribution < 1.29 is 9.59 Å². The molecule has 1 aromatic carbocycles. The highest BCUT2D eigenvalue weighted by atomic mass is 35.5. The fourth-order valence-electron chi connectivity index (χ4n) is 3.68. The molecule has 0 bridgehead atoms. The van der Waals surface area contributed by atoms with E-state index in [0.29, 0.717) is 50.0 Å². The van der Waals surface area contributed by atoms with Crippen molar-refractivity contribution in [2.24, 2.45) is 7.05 Å². The molecule has 0 unspecified atom stereocenters. The minimum absolute atomic E-state index is 0.120. The summed E-state index contributed by atoms with van der Waals surface area (Å²) in [5, 5.41) is 3.68. The molecule has 1 fully saturated rings. The molecule has 0 spiro atoms. The zero-order valence-corrected chi connectivity index (χ0v) is 18.3. The number of nitrogens with one attached hydrogen (secondary N) is 1. The Hall–Kier alpha value is -2.71. The van der Waals surface area contributed by atoms with Gasteiger partial charge in [0.25, 0.3) is 17.4 Å². The number of nitrogens with zero attached hydrogens (tertiary/aromatic N) is 3. The van der Waals surface area contributed by atoms with Gasteiger partial charge in [0.05, 0.1) is 27.8 Å². The second-order valence-electron chi connectivity index (χ2n) is 7.39. The second-order valence-corrected chi connectivity index (χ2v) is 8.83. The molecule has 156 valence electrons. The quantitative estimate of drug-likeness (QED) is 0.665. The molecular formula is C21H21ClN4O3S. The van der Waals surface area contributed by atoms with Crippen LogP contribution in [0, 0.1) is 6.92 Å². The molecule has 7 nitrogen and oxygen atoms in total. The van der Waals surface area contributed by atoms with Gasteiger partial charge in [-0.15, -0.1) is 11.3 Å². The van der Waals surface area contributed by atoms with Crippen LogP contribution in [-0.4, -0.2) is 39.4 Å². The van der Waals surface area contributed by atoms with Crippen molar-refractivity contribution in [3.63, 3.8) is 0 Å². The van der Waals surface area contributed by atoms with Gasteiger partial charge in [0, 0.05) is 25.2 Å². The number of carbonyl (C=O) groups excluding carboxylic acids is 2. The van der Waals surface area contributed by atoms with Gasteiger partial charge in [-0.05, 0) is 49.9 Å². The van der Waals surface area contributed by atoms with Gasteiger partial charge in [-0.25, -0.2) is 4.98 Å². The number of halogens is 1. The van der Waals surface area contributed by atoms with Gasteiger partial charge < -0.3 is 14.8 Å². The molecule has 2 amide bonds. The number of hydrogen-bond donors (Lipinski definition) is 1. The Morgan fingerprint density at radius 3 is 2.67 bits per heavy atom. The molecule has 9 heteroatoms. The average Bonchev–Trinajstić information content (AvgIpc) is 3.08. The molecule has 2 aromatic heterocycles. The SMILES string of the molecule is Cc1c(C(=O)Nc2cc(Cl)ccc2C(=O)N2CCCCC2)sc2ncn(C)c(=O)c12. The zero-order valence-electron chi connectivity index (χ0n) is 16.7. The van der Waals surface area contributed by atoms with Crippen LogP contribution in [0.4, 0.5) is 5.69 Å². The number of thiophene rings is 1. The van der Waals surface area contributed by atoms with Crippen LogP contribution in [0.15, 0.2) is 29.3 Å². The fraction of sp³-hybridized carbons (Fsp3) is 0.333. The Morgan fingerprint density at radius 1 is 1.20 bits per heavy atom. The summed E-state index contributed by atoms with van der Waals surface area (Å²) in [4.78, 5) is 45.5. The third kappa shape index (κ3) is 3.73. The maximum atomic E-state index is 13.1. The normalized spacial score (nSPS) is 14.2. The number of piperidine rings is 1. The number of aromatic nitrogens is 2. The monoisotopic (exact) mass is 444 g/mol. The lowest BCUT2D eigenvalue weighted by Crippen LogP contribution is -2.36. The molecule has 1 saturated heterocycles. The Balaban J connectivity index is 1.68. The van der Waals surface area contributed by atoms with Crippen LogP contribution in [0.25, 0.3) is 10.2 Å². The summed E-state index contributed by atoms with van der Waals surface area (Å²) in [6, 6.07) is 4.87. The number of likely N-dealkylation sites (tertiary alicyclic amines) is 1. The number of amides is 2. The van der Waals surface area contributed by atoms with E-state index < -0.39 is 5.91 Å². The highest BCUT2D eigenvalue weighted by molar-refractivity contribution is 7.20. The summed E-state index contributed by atoms with van der Waals surface area (Å²) < 4.78 is 1.39. The minimum Gasteiger partial charge on any atom is -0.339 e. The first-order valence-electron chi connectivity index (χ1n) is 9.71. The van der Waals surface area contributed by atoms with Crippen molar-refractivity contribution in [2.45, 2.75) is 26.2 Å². The van der Waals surface area contributed by atoms with Crippen LogP contribution < -0.4 is 10.9 Å². The third-order valence-electron chi connectivity index (χ3n) is 5.32. The van der Waals surface area contributed by atoms with Gasteiger partial charge in [0.1, 0.15) is 4.83 Å². The lowest BCUT2D eigenvalue weighted by atomic mass is 10.1. The van der Waals surface area contributed by atoms with Gasteiger partial charge in [0.2, 0.25) is 0 Å². The van der Waals surface area contributed by atoms with Crippen molar-refractivity contribution in [3.05, 3.63) is 55.9 Å². The first kappa shape index (κ1) is 20.6. The highest BCUT2D eigenvalue weighted by Crippen LogP contribution is 2.29. The second kappa shape index (κ2) is 8.20. The molecule has 0 radical (unpaired) electrons. The summed E-state index contributed by atoms with van der Waals surface area (Å²) in [5.74, 6) is -0.516. The van der Waals surface area contributed by atoms with Crippen LogP contribution in [0.1, 0.15) is 44.9 Å². The van der Waals surface area contributed by atoms with E-state index in [9.17, 15) is 14.4 Å². The largest absolute Gasteiger partial charge is 0.339 e. The molecule has 3 aromatic rings. The Labute approximate surface area is 182 Å². The molecule has 4 rings (SSSR count). The standard InChI is InChI=1S/C21H21ClN4O3S/c1-12-16-19(23-11-25(2)21(16)29)30-17(12)18(27)24-15-10-13(22)6-7-14(15)20(28)26-8-4-3-5-9-26/h6-7,10-11H,3-5,8-9H2,1-2H3,(H,24,27). The molecule has 0 aliphatic carbocycles. The van der Waals surface area contributed by atoms with E-state index in [2.05, 4.69) is 10.3 Å². The summed E-state index contributed by atoms with van der Waals surface area (Å²) in [6.45, 7) is 3.15. The lowest BCUT2D eigenvalue weighted by molar-refractivity contribution is 0.0725. The number of hydrogen-bond acceptors (Lipinski definition) is 5. The number of benzene rings is 1. The van der Waals surface area contributed by atoms with E-state index in [4.69, 9.17) is 11.6 Å². The number of anilines is 1. The van der Waals surface area contributed by atoms with Crippen molar-refractivity contribution in [2.75, 3.05) is 18.4 Å². The van der Waals surface area contributed by atoms with E-state index in [1.54, 1.807) is 37.1 Å². The third-order valence-corrected chi connectivity index (χ3v) is 6.75. The smallest absolute Gasteiger partial charge is 0.266 e. The molecule has 0 atom stereocenters.